The molecule has 2 aromatic carbocycles. The average molecular weight is 304 g/mol. The molecule has 3 aromatic rings. The molecule has 3 rings (SSSR count). The Balaban J connectivity index is 1.89. The summed E-state index contributed by atoms with van der Waals surface area (Å²) < 4.78 is 5.84. The van der Waals surface area contributed by atoms with Crippen molar-refractivity contribution >= 4 is 34.0 Å². The minimum Gasteiger partial charge on any atom is -0.487 e. The summed E-state index contributed by atoms with van der Waals surface area (Å²) in [6.07, 6.45) is 0. The molecule has 1 heterocycles. The highest BCUT2D eigenvalue weighted by Gasteiger charge is 2.06. The maximum Gasteiger partial charge on any atom is 0.132 e. The summed E-state index contributed by atoms with van der Waals surface area (Å²) >= 11 is 11.9. The lowest BCUT2D eigenvalue weighted by molar-refractivity contribution is 0.305. The first kappa shape index (κ1) is 13.2. The van der Waals surface area contributed by atoms with Crippen LogP contribution < -0.4 is 4.74 Å². The molecule has 0 bridgehead atoms. The lowest BCUT2D eigenvalue weighted by atomic mass is 10.1. The molecule has 0 radical (unpaired) electrons. The van der Waals surface area contributed by atoms with E-state index in [9.17, 15) is 0 Å². The van der Waals surface area contributed by atoms with Gasteiger partial charge >= 0.3 is 0 Å². The molecule has 0 spiro atoms. The van der Waals surface area contributed by atoms with Gasteiger partial charge in [0.05, 0.1) is 10.7 Å². The van der Waals surface area contributed by atoms with Gasteiger partial charge in [0, 0.05) is 5.39 Å². The van der Waals surface area contributed by atoms with Crippen molar-refractivity contribution in [3.05, 3.63) is 70.5 Å². The molecule has 0 aliphatic heterocycles. The normalized spacial score (nSPS) is 10.7. The fraction of sp³-hybridized carbons (Fsp3) is 0.0625. The zero-order valence-electron chi connectivity index (χ0n) is 10.5. The molecular weight excluding hydrogens is 293 g/mol. The Bertz CT molecular complexity index is 753. The lowest BCUT2D eigenvalue weighted by Crippen LogP contribution is -1.99. The molecular formula is C16H11Cl2NO. The number of ether oxygens (including phenoxy) is 1. The number of hydrogen-bond acceptors (Lipinski definition) is 2. The van der Waals surface area contributed by atoms with E-state index in [-0.39, 0.29) is 6.61 Å². The Labute approximate surface area is 126 Å². The quantitative estimate of drug-likeness (QED) is 0.626. The van der Waals surface area contributed by atoms with Gasteiger partial charge in [-0.25, -0.2) is 4.98 Å². The maximum atomic E-state index is 6.08. The molecule has 0 saturated heterocycles. The van der Waals surface area contributed by atoms with Crippen LogP contribution in [0.2, 0.25) is 10.2 Å². The standard InChI is InChI=1S/C16H11Cl2NO/c17-13-8-9-16(18)19-14(13)10-20-15-7-3-5-11-4-1-2-6-12(11)15/h1-9H,10H2. The van der Waals surface area contributed by atoms with Crippen LogP contribution in [0.25, 0.3) is 10.8 Å². The molecule has 100 valence electrons. The highest BCUT2D eigenvalue weighted by molar-refractivity contribution is 6.32. The van der Waals surface area contributed by atoms with Gasteiger partial charge in [0.2, 0.25) is 0 Å². The third-order valence-corrected chi connectivity index (χ3v) is 3.55. The van der Waals surface area contributed by atoms with E-state index < -0.39 is 0 Å². The Morgan fingerprint density at radius 3 is 2.60 bits per heavy atom. The van der Waals surface area contributed by atoms with Crippen molar-refractivity contribution in [3.63, 3.8) is 0 Å². The van der Waals surface area contributed by atoms with Gasteiger partial charge in [-0.2, -0.15) is 0 Å². The summed E-state index contributed by atoms with van der Waals surface area (Å²) in [5.74, 6) is 0.806. The van der Waals surface area contributed by atoms with Gasteiger partial charge in [0.15, 0.2) is 0 Å². The first-order chi connectivity index (χ1) is 9.74. The Hall–Kier alpha value is -1.77. The molecule has 0 fully saturated rings. The number of halogens is 2. The van der Waals surface area contributed by atoms with Crippen molar-refractivity contribution in [1.82, 2.24) is 4.98 Å². The Kier molecular flexibility index (Phi) is 3.77. The van der Waals surface area contributed by atoms with Crippen molar-refractivity contribution in [3.8, 4) is 5.75 Å². The van der Waals surface area contributed by atoms with Gasteiger partial charge in [-0.05, 0) is 23.6 Å². The van der Waals surface area contributed by atoms with E-state index in [1.165, 1.54) is 0 Å². The van der Waals surface area contributed by atoms with Gasteiger partial charge in [0.25, 0.3) is 0 Å². The van der Waals surface area contributed by atoms with Crippen LogP contribution >= 0.6 is 23.2 Å². The summed E-state index contributed by atoms with van der Waals surface area (Å²) in [4.78, 5) is 4.18. The van der Waals surface area contributed by atoms with Crippen molar-refractivity contribution in [2.75, 3.05) is 0 Å². The molecule has 1 aromatic heterocycles. The van der Waals surface area contributed by atoms with Crippen LogP contribution in [0.1, 0.15) is 5.69 Å². The second-order valence-electron chi connectivity index (χ2n) is 4.33. The van der Waals surface area contributed by atoms with Crippen molar-refractivity contribution in [1.29, 1.82) is 0 Å². The number of aromatic nitrogens is 1. The monoisotopic (exact) mass is 303 g/mol. The van der Waals surface area contributed by atoms with Crippen molar-refractivity contribution in [2.45, 2.75) is 6.61 Å². The minimum atomic E-state index is 0.285. The van der Waals surface area contributed by atoms with E-state index in [4.69, 9.17) is 27.9 Å². The van der Waals surface area contributed by atoms with E-state index in [1.54, 1.807) is 12.1 Å². The summed E-state index contributed by atoms with van der Waals surface area (Å²) in [7, 11) is 0. The third kappa shape index (κ3) is 2.72. The molecule has 2 nitrogen and oxygen atoms in total. The van der Waals surface area contributed by atoms with E-state index >= 15 is 0 Å². The number of rotatable bonds is 3. The van der Waals surface area contributed by atoms with E-state index in [2.05, 4.69) is 4.98 Å². The van der Waals surface area contributed by atoms with Crippen molar-refractivity contribution in [2.24, 2.45) is 0 Å². The second-order valence-corrected chi connectivity index (χ2v) is 5.12. The fourth-order valence-electron chi connectivity index (χ4n) is 2.03. The number of benzene rings is 2. The van der Waals surface area contributed by atoms with Crippen LogP contribution in [0, 0.1) is 0 Å². The molecule has 0 aliphatic rings. The van der Waals surface area contributed by atoms with Crippen LogP contribution in [0.4, 0.5) is 0 Å². The van der Waals surface area contributed by atoms with E-state index in [0.717, 1.165) is 16.5 Å². The van der Waals surface area contributed by atoms with Crippen LogP contribution in [0.3, 0.4) is 0 Å². The zero-order chi connectivity index (χ0) is 13.9. The van der Waals surface area contributed by atoms with Crippen LogP contribution in [-0.2, 0) is 6.61 Å². The topological polar surface area (TPSA) is 22.1 Å². The third-order valence-electron chi connectivity index (χ3n) is 3.00. The zero-order valence-corrected chi connectivity index (χ0v) is 12.0. The molecule has 0 N–H and O–H groups in total. The molecule has 0 amide bonds. The van der Waals surface area contributed by atoms with Crippen LogP contribution in [0.5, 0.6) is 5.75 Å². The number of fused-ring (bicyclic) bond motifs is 1. The van der Waals surface area contributed by atoms with Gasteiger partial charge < -0.3 is 4.74 Å². The Morgan fingerprint density at radius 2 is 1.70 bits per heavy atom. The molecule has 0 saturated carbocycles. The first-order valence-electron chi connectivity index (χ1n) is 6.15. The fourth-order valence-corrected chi connectivity index (χ4v) is 2.35. The largest absolute Gasteiger partial charge is 0.487 e. The summed E-state index contributed by atoms with van der Waals surface area (Å²) in [5.41, 5.74) is 0.632. The molecule has 4 heteroatoms. The average Bonchev–Trinajstić information content (AvgIpc) is 2.48. The van der Waals surface area contributed by atoms with E-state index in [1.807, 2.05) is 42.5 Å². The first-order valence-corrected chi connectivity index (χ1v) is 6.91. The maximum absolute atomic E-state index is 6.08. The number of hydrogen-bond donors (Lipinski definition) is 0. The molecule has 0 aliphatic carbocycles. The Morgan fingerprint density at radius 1 is 0.900 bits per heavy atom. The minimum absolute atomic E-state index is 0.285. The second kappa shape index (κ2) is 5.70. The highest BCUT2D eigenvalue weighted by atomic mass is 35.5. The molecule has 0 unspecified atom stereocenters. The highest BCUT2D eigenvalue weighted by Crippen LogP contribution is 2.26. The number of pyridine rings is 1. The van der Waals surface area contributed by atoms with Gasteiger partial charge in [-0.3, -0.25) is 0 Å². The van der Waals surface area contributed by atoms with Gasteiger partial charge in [-0.15, -0.1) is 0 Å². The molecule has 0 atom stereocenters. The predicted molar refractivity (Wildman–Crippen MR) is 82.5 cm³/mol. The number of nitrogens with zero attached hydrogens (tertiary/aromatic N) is 1. The summed E-state index contributed by atoms with van der Waals surface area (Å²) in [5, 5.41) is 3.16. The van der Waals surface area contributed by atoms with Gasteiger partial charge in [-0.1, -0.05) is 59.6 Å². The lowest BCUT2D eigenvalue weighted by Gasteiger charge is -2.10. The molecule has 20 heavy (non-hydrogen) atoms. The predicted octanol–water partition coefficient (Wildman–Crippen LogP) is 5.12. The summed E-state index contributed by atoms with van der Waals surface area (Å²) in [6, 6.07) is 17.4. The smallest absolute Gasteiger partial charge is 0.132 e. The summed E-state index contributed by atoms with van der Waals surface area (Å²) in [6.45, 7) is 0.285. The van der Waals surface area contributed by atoms with E-state index in [0.29, 0.717) is 15.9 Å². The van der Waals surface area contributed by atoms with Crippen LogP contribution in [0.15, 0.2) is 54.6 Å². The van der Waals surface area contributed by atoms with Gasteiger partial charge in [0.1, 0.15) is 17.5 Å². The van der Waals surface area contributed by atoms with Crippen LogP contribution in [-0.4, -0.2) is 4.98 Å². The van der Waals surface area contributed by atoms with Crippen molar-refractivity contribution < 1.29 is 4.74 Å². The SMILES string of the molecule is Clc1ccc(Cl)c(COc2cccc3ccccc23)n1.